The van der Waals surface area contributed by atoms with Gasteiger partial charge in [0.05, 0.1) is 0 Å². The quantitative estimate of drug-likeness (QED) is 0.672. The van der Waals surface area contributed by atoms with Crippen molar-refractivity contribution in [2.24, 2.45) is 5.41 Å². The van der Waals surface area contributed by atoms with E-state index in [2.05, 4.69) is 10.3 Å². The molecule has 6 heteroatoms. The zero-order chi connectivity index (χ0) is 15.3. The number of nitrogens with zero attached hydrogens (tertiary/aromatic N) is 1. The first-order valence-corrected chi connectivity index (χ1v) is 6.27. The van der Waals surface area contributed by atoms with Crippen LogP contribution in [-0.2, 0) is 14.4 Å². The van der Waals surface area contributed by atoms with Crippen LogP contribution < -0.4 is 10.1 Å². The van der Waals surface area contributed by atoms with Crippen molar-refractivity contribution in [3.05, 3.63) is 18.3 Å². The van der Waals surface area contributed by atoms with Crippen molar-refractivity contribution in [3.8, 4) is 5.75 Å². The number of hydrogen-bond donors (Lipinski definition) is 1. The summed E-state index contributed by atoms with van der Waals surface area (Å²) in [7, 11) is 0. The molecule has 0 aromatic carbocycles. The van der Waals surface area contributed by atoms with Gasteiger partial charge in [-0.25, -0.2) is 9.78 Å². The van der Waals surface area contributed by atoms with Crippen LogP contribution in [0, 0.1) is 5.41 Å². The van der Waals surface area contributed by atoms with E-state index in [4.69, 9.17) is 4.74 Å². The maximum Gasteiger partial charge on any atom is 0.380 e. The molecule has 1 amide bonds. The van der Waals surface area contributed by atoms with Crippen LogP contribution in [0.2, 0.25) is 0 Å². The molecule has 1 aromatic rings. The van der Waals surface area contributed by atoms with E-state index in [1.165, 1.54) is 12.3 Å². The predicted molar refractivity (Wildman–Crippen MR) is 73.3 cm³/mol. The van der Waals surface area contributed by atoms with Crippen molar-refractivity contribution in [1.29, 1.82) is 0 Å². The fraction of sp³-hybridized carbons (Fsp3) is 0.429. The molecule has 1 rings (SSSR count). The number of esters is 1. The topological polar surface area (TPSA) is 85.4 Å². The van der Waals surface area contributed by atoms with Crippen LogP contribution in [0.15, 0.2) is 18.3 Å². The van der Waals surface area contributed by atoms with Gasteiger partial charge in [-0.05, 0) is 12.1 Å². The normalized spacial score (nSPS) is 10.8. The molecule has 1 heterocycles. The lowest BCUT2D eigenvalue weighted by molar-refractivity contribution is -0.146. The number of carbonyl (C=O) groups is 3. The van der Waals surface area contributed by atoms with E-state index in [0.29, 0.717) is 0 Å². The van der Waals surface area contributed by atoms with Gasteiger partial charge < -0.3 is 10.1 Å². The number of aromatic nitrogens is 1. The molecule has 0 bridgehead atoms. The average molecular weight is 278 g/mol. The summed E-state index contributed by atoms with van der Waals surface area (Å²) in [6, 6.07) is 3.01. The third-order valence-corrected chi connectivity index (χ3v) is 2.44. The van der Waals surface area contributed by atoms with Gasteiger partial charge in [0.2, 0.25) is 11.7 Å². The van der Waals surface area contributed by atoms with Crippen molar-refractivity contribution in [3.63, 3.8) is 0 Å². The molecular formula is C14H18N2O4. The summed E-state index contributed by atoms with van der Waals surface area (Å²) >= 11 is 0. The predicted octanol–water partition coefficient (Wildman–Crippen LogP) is 1.95. The van der Waals surface area contributed by atoms with Gasteiger partial charge in [0.1, 0.15) is 0 Å². The van der Waals surface area contributed by atoms with Crippen LogP contribution >= 0.6 is 0 Å². The van der Waals surface area contributed by atoms with Crippen LogP contribution in [0.4, 0.5) is 5.82 Å². The summed E-state index contributed by atoms with van der Waals surface area (Å²) in [5, 5.41) is 2.57. The zero-order valence-electron chi connectivity index (χ0n) is 12.0. The molecule has 0 unspecified atom stereocenters. The Kier molecular flexibility index (Phi) is 4.96. The second-order valence-corrected chi connectivity index (χ2v) is 5.22. The number of ether oxygens (including phenoxy) is 1. The Balaban J connectivity index is 2.92. The fourth-order valence-corrected chi connectivity index (χ4v) is 1.16. The second kappa shape index (κ2) is 6.27. The van der Waals surface area contributed by atoms with Gasteiger partial charge in [0, 0.05) is 18.0 Å². The van der Waals surface area contributed by atoms with Crippen molar-refractivity contribution < 1.29 is 19.1 Å². The molecule has 0 radical (unpaired) electrons. The van der Waals surface area contributed by atoms with Gasteiger partial charge in [-0.15, -0.1) is 0 Å². The van der Waals surface area contributed by atoms with E-state index in [9.17, 15) is 14.4 Å². The first-order valence-electron chi connectivity index (χ1n) is 6.27. The van der Waals surface area contributed by atoms with Crippen LogP contribution in [0.5, 0.6) is 5.75 Å². The summed E-state index contributed by atoms with van der Waals surface area (Å²) in [5.74, 6) is -1.70. The molecule has 20 heavy (non-hydrogen) atoms. The van der Waals surface area contributed by atoms with E-state index in [1.807, 2.05) is 0 Å². The standard InChI is InChI=1S/C14H18N2O4/c1-5-9(17)12(18)20-10-7-6-8-15-11(10)16-13(19)14(2,3)4/h6-8H,5H2,1-4H3,(H,15,16,19). The Hall–Kier alpha value is -2.24. The van der Waals surface area contributed by atoms with Crippen molar-refractivity contribution >= 4 is 23.5 Å². The zero-order valence-corrected chi connectivity index (χ0v) is 12.0. The Morgan fingerprint density at radius 3 is 2.50 bits per heavy atom. The van der Waals surface area contributed by atoms with Gasteiger partial charge in [-0.3, -0.25) is 9.59 Å². The third-order valence-electron chi connectivity index (χ3n) is 2.44. The first kappa shape index (κ1) is 15.8. The largest absolute Gasteiger partial charge is 0.417 e. The molecular weight excluding hydrogens is 260 g/mol. The van der Waals surface area contributed by atoms with Crippen LogP contribution in [0.25, 0.3) is 0 Å². The van der Waals surface area contributed by atoms with Gasteiger partial charge in [0.25, 0.3) is 0 Å². The summed E-state index contributed by atoms with van der Waals surface area (Å²) in [5.41, 5.74) is -0.613. The maximum absolute atomic E-state index is 11.9. The molecule has 0 fully saturated rings. The van der Waals surface area contributed by atoms with Gasteiger partial charge in [0.15, 0.2) is 11.6 Å². The summed E-state index contributed by atoms with van der Waals surface area (Å²) in [6.07, 6.45) is 1.51. The van der Waals surface area contributed by atoms with Crippen molar-refractivity contribution in [2.45, 2.75) is 34.1 Å². The van der Waals surface area contributed by atoms with Crippen molar-refractivity contribution in [2.75, 3.05) is 5.32 Å². The highest BCUT2D eigenvalue weighted by atomic mass is 16.5. The number of hydrogen-bond acceptors (Lipinski definition) is 5. The number of ketones is 1. The number of pyridine rings is 1. The Morgan fingerprint density at radius 1 is 1.30 bits per heavy atom. The fourth-order valence-electron chi connectivity index (χ4n) is 1.16. The number of nitrogens with one attached hydrogen (secondary N) is 1. The molecule has 1 aromatic heterocycles. The van der Waals surface area contributed by atoms with Crippen LogP contribution in [0.3, 0.4) is 0 Å². The van der Waals surface area contributed by atoms with Gasteiger partial charge in [-0.2, -0.15) is 0 Å². The van der Waals surface area contributed by atoms with Crippen LogP contribution in [-0.4, -0.2) is 22.6 Å². The average Bonchev–Trinajstić information content (AvgIpc) is 2.38. The highest BCUT2D eigenvalue weighted by Gasteiger charge is 2.24. The number of anilines is 1. The van der Waals surface area contributed by atoms with E-state index >= 15 is 0 Å². The lowest BCUT2D eigenvalue weighted by atomic mass is 9.96. The second-order valence-electron chi connectivity index (χ2n) is 5.22. The molecule has 0 saturated carbocycles. The molecule has 0 saturated heterocycles. The molecule has 0 aliphatic rings. The number of amides is 1. The molecule has 0 aliphatic carbocycles. The molecule has 0 spiro atoms. The first-order chi connectivity index (χ1) is 9.25. The monoisotopic (exact) mass is 278 g/mol. The third kappa shape index (κ3) is 4.15. The van der Waals surface area contributed by atoms with Crippen molar-refractivity contribution in [1.82, 2.24) is 4.98 Å². The summed E-state index contributed by atoms with van der Waals surface area (Å²) in [6.45, 7) is 6.81. The smallest absolute Gasteiger partial charge is 0.380 e. The molecule has 1 N–H and O–H groups in total. The Bertz CT molecular complexity index is 532. The molecule has 108 valence electrons. The lowest BCUT2D eigenvalue weighted by Crippen LogP contribution is -2.28. The SMILES string of the molecule is CCC(=O)C(=O)Oc1cccnc1NC(=O)C(C)(C)C. The van der Waals surface area contributed by atoms with Gasteiger partial charge >= 0.3 is 5.97 Å². The number of Topliss-reactive ketones (excluding diaryl/α,β-unsaturated/α-hetero) is 1. The highest BCUT2D eigenvalue weighted by molar-refractivity contribution is 6.34. The molecule has 0 atom stereocenters. The number of carbonyl (C=O) groups excluding carboxylic acids is 3. The minimum atomic E-state index is -0.966. The van der Waals surface area contributed by atoms with Gasteiger partial charge in [-0.1, -0.05) is 27.7 Å². The highest BCUT2D eigenvalue weighted by Crippen LogP contribution is 2.24. The molecule has 0 aliphatic heterocycles. The maximum atomic E-state index is 11.9. The summed E-state index contributed by atoms with van der Waals surface area (Å²) < 4.78 is 4.95. The van der Waals surface area contributed by atoms with E-state index in [1.54, 1.807) is 33.8 Å². The Morgan fingerprint density at radius 2 is 1.95 bits per heavy atom. The van der Waals surface area contributed by atoms with E-state index in [0.717, 1.165) is 0 Å². The minimum absolute atomic E-state index is 0.0527. The van der Waals surface area contributed by atoms with E-state index in [-0.39, 0.29) is 23.9 Å². The Labute approximate surface area is 117 Å². The minimum Gasteiger partial charge on any atom is -0.417 e. The summed E-state index contributed by atoms with van der Waals surface area (Å²) in [4.78, 5) is 38.5. The number of rotatable bonds is 4. The lowest BCUT2D eigenvalue weighted by Gasteiger charge is -2.18. The van der Waals surface area contributed by atoms with E-state index < -0.39 is 17.2 Å². The van der Waals surface area contributed by atoms with Crippen LogP contribution in [0.1, 0.15) is 34.1 Å². The molecule has 6 nitrogen and oxygen atoms in total.